The Labute approximate surface area is 165 Å². The van der Waals surface area contributed by atoms with Crippen molar-refractivity contribution in [2.24, 2.45) is 0 Å². The lowest BCUT2D eigenvalue weighted by molar-refractivity contribution is 0.101. The van der Waals surface area contributed by atoms with E-state index in [0.717, 1.165) is 5.69 Å². The van der Waals surface area contributed by atoms with E-state index < -0.39 is 0 Å². The summed E-state index contributed by atoms with van der Waals surface area (Å²) < 4.78 is 13.0. The molecule has 4 aromatic rings. The number of halogens is 1. The molecule has 2 heterocycles. The molecule has 7 nitrogen and oxygen atoms in total. The Morgan fingerprint density at radius 2 is 1.86 bits per heavy atom. The highest BCUT2D eigenvalue weighted by molar-refractivity contribution is 6.30. The second kappa shape index (κ2) is 7.28. The third-order valence-electron chi connectivity index (χ3n) is 4.18. The second-order valence-corrected chi connectivity index (χ2v) is 6.41. The van der Waals surface area contributed by atoms with Gasteiger partial charge in [-0.25, -0.2) is 14.6 Å². The molecule has 0 aliphatic carbocycles. The minimum Gasteiger partial charge on any atom is -0.493 e. The highest BCUT2D eigenvalue weighted by atomic mass is 35.5. The molecule has 4 rings (SSSR count). The van der Waals surface area contributed by atoms with Crippen LogP contribution in [-0.4, -0.2) is 32.6 Å². The van der Waals surface area contributed by atoms with Crippen LogP contribution in [0.25, 0.3) is 16.7 Å². The largest absolute Gasteiger partial charge is 0.493 e. The van der Waals surface area contributed by atoms with Gasteiger partial charge in [0, 0.05) is 10.6 Å². The van der Waals surface area contributed by atoms with Gasteiger partial charge in [-0.3, -0.25) is 4.79 Å². The number of nitrogens with zero attached hydrogens (tertiary/aromatic N) is 4. The van der Waals surface area contributed by atoms with Crippen LogP contribution in [0.3, 0.4) is 0 Å². The molecule has 0 saturated carbocycles. The molecule has 0 unspecified atom stereocenters. The summed E-state index contributed by atoms with van der Waals surface area (Å²) in [7, 11) is 1.51. The van der Waals surface area contributed by atoms with E-state index in [0.29, 0.717) is 39.0 Å². The molecule has 0 amide bonds. The van der Waals surface area contributed by atoms with Gasteiger partial charge in [-0.15, -0.1) is 0 Å². The van der Waals surface area contributed by atoms with Crippen LogP contribution in [0.5, 0.6) is 17.4 Å². The van der Waals surface area contributed by atoms with Crippen LogP contribution in [0.1, 0.15) is 17.3 Å². The first-order valence-electron chi connectivity index (χ1n) is 8.38. The fourth-order valence-corrected chi connectivity index (χ4v) is 2.88. The predicted octanol–water partition coefficient (Wildman–Crippen LogP) is 4.47. The summed E-state index contributed by atoms with van der Waals surface area (Å²) in [5.74, 6) is 1.15. The molecule has 0 fully saturated rings. The Morgan fingerprint density at radius 1 is 1.07 bits per heavy atom. The van der Waals surface area contributed by atoms with E-state index in [1.165, 1.54) is 20.4 Å². The van der Waals surface area contributed by atoms with Crippen LogP contribution >= 0.6 is 11.6 Å². The molecule has 0 spiro atoms. The number of methoxy groups -OCH3 is 1. The zero-order chi connectivity index (χ0) is 19.7. The van der Waals surface area contributed by atoms with Crippen LogP contribution < -0.4 is 9.47 Å². The molecule has 0 N–H and O–H groups in total. The van der Waals surface area contributed by atoms with Crippen molar-refractivity contribution < 1.29 is 14.3 Å². The molecule has 0 atom stereocenters. The predicted molar refractivity (Wildman–Crippen MR) is 105 cm³/mol. The number of Topliss-reactive ketones (excluding diaryl/α,β-unsaturated/α-hetero) is 1. The molecular formula is C20H15ClN4O3. The molecule has 0 aliphatic heterocycles. The summed E-state index contributed by atoms with van der Waals surface area (Å²) >= 11 is 5.96. The summed E-state index contributed by atoms with van der Waals surface area (Å²) in [5, 5.41) is 5.67. The van der Waals surface area contributed by atoms with Crippen LogP contribution in [-0.2, 0) is 0 Å². The van der Waals surface area contributed by atoms with Crippen LogP contribution in [0.4, 0.5) is 0 Å². The molecule has 2 aromatic heterocycles. The van der Waals surface area contributed by atoms with Gasteiger partial charge in [-0.05, 0) is 49.4 Å². The Hall–Kier alpha value is -3.45. The zero-order valence-corrected chi connectivity index (χ0v) is 15.8. The van der Waals surface area contributed by atoms with E-state index >= 15 is 0 Å². The van der Waals surface area contributed by atoms with Gasteiger partial charge in [0.15, 0.2) is 22.9 Å². The van der Waals surface area contributed by atoms with Crippen molar-refractivity contribution in [2.45, 2.75) is 6.92 Å². The number of carbonyl (C=O) groups excluding carboxylic acids is 1. The topological polar surface area (TPSA) is 79.1 Å². The van der Waals surface area contributed by atoms with Crippen molar-refractivity contribution in [3.05, 3.63) is 65.6 Å². The van der Waals surface area contributed by atoms with Crippen LogP contribution in [0.15, 0.2) is 55.0 Å². The molecule has 0 saturated heterocycles. The molecule has 0 bridgehead atoms. The summed E-state index contributed by atoms with van der Waals surface area (Å²) in [5.41, 5.74) is 1.94. The van der Waals surface area contributed by atoms with Crippen molar-refractivity contribution in [1.29, 1.82) is 0 Å². The maximum atomic E-state index is 11.6. The molecule has 140 valence electrons. The standard InChI is InChI=1S/C20H15ClN4O3/c1-12(26)13-3-8-17(18(9-13)27-2)28-20-16-10-24-25(19(16)22-11-23-20)15-6-4-14(21)5-7-15/h3-11H,1-2H3. The summed E-state index contributed by atoms with van der Waals surface area (Å²) in [6.45, 7) is 1.49. The maximum absolute atomic E-state index is 11.6. The molecule has 2 aromatic carbocycles. The first kappa shape index (κ1) is 17.9. The normalized spacial score (nSPS) is 10.8. The van der Waals surface area contributed by atoms with E-state index in [-0.39, 0.29) is 5.78 Å². The molecule has 0 aliphatic rings. The smallest absolute Gasteiger partial charge is 0.233 e. The lowest BCUT2D eigenvalue weighted by Crippen LogP contribution is -1.99. The van der Waals surface area contributed by atoms with Crippen LogP contribution in [0.2, 0.25) is 5.02 Å². The average molecular weight is 395 g/mol. The van der Waals surface area contributed by atoms with Crippen LogP contribution in [0, 0.1) is 0 Å². The van der Waals surface area contributed by atoms with Crippen molar-refractivity contribution in [3.8, 4) is 23.1 Å². The van der Waals surface area contributed by atoms with Crippen molar-refractivity contribution in [1.82, 2.24) is 19.7 Å². The monoisotopic (exact) mass is 394 g/mol. The SMILES string of the molecule is COc1cc(C(C)=O)ccc1Oc1ncnc2c1cnn2-c1ccc(Cl)cc1. The number of fused-ring (bicyclic) bond motifs is 1. The summed E-state index contributed by atoms with van der Waals surface area (Å²) in [4.78, 5) is 20.1. The Kier molecular flexibility index (Phi) is 4.67. The molecular weight excluding hydrogens is 380 g/mol. The van der Waals surface area contributed by atoms with Gasteiger partial charge in [-0.2, -0.15) is 5.10 Å². The highest BCUT2D eigenvalue weighted by Gasteiger charge is 2.15. The first-order valence-corrected chi connectivity index (χ1v) is 8.76. The Bertz CT molecular complexity index is 1170. The first-order chi connectivity index (χ1) is 13.6. The van der Waals surface area contributed by atoms with Gasteiger partial charge in [0.2, 0.25) is 5.88 Å². The van der Waals surface area contributed by atoms with E-state index in [1.54, 1.807) is 41.2 Å². The van der Waals surface area contributed by atoms with Gasteiger partial charge in [-0.1, -0.05) is 11.6 Å². The Balaban J connectivity index is 1.75. The van der Waals surface area contributed by atoms with E-state index in [2.05, 4.69) is 15.1 Å². The lowest BCUT2D eigenvalue weighted by Gasteiger charge is -2.11. The molecule has 28 heavy (non-hydrogen) atoms. The minimum absolute atomic E-state index is 0.0569. The zero-order valence-electron chi connectivity index (χ0n) is 15.1. The fourth-order valence-electron chi connectivity index (χ4n) is 2.75. The number of ketones is 1. The van der Waals surface area contributed by atoms with Gasteiger partial charge in [0.05, 0.1) is 19.0 Å². The number of aromatic nitrogens is 4. The maximum Gasteiger partial charge on any atom is 0.233 e. The second-order valence-electron chi connectivity index (χ2n) is 5.97. The number of benzene rings is 2. The average Bonchev–Trinajstić information content (AvgIpc) is 3.14. The quantitative estimate of drug-likeness (QED) is 0.464. The van der Waals surface area contributed by atoms with E-state index in [4.69, 9.17) is 21.1 Å². The lowest BCUT2D eigenvalue weighted by atomic mass is 10.1. The number of hydrogen-bond donors (Lipinski definition) is 0. The summed E-state index contributed by atoms with van der Waals surface area (Å²) in [6, 6.07) is 12.2. The summed E-state index contributed by atoms with van der Waals surface area (Å²) in [6.07, 6.45) is 3.04. The van der Waals surface area contributed by atoms with Crippen molar-refractivity contribution in [3.63, 3.8) is 0 Å². The van der Waals surface area contributed by atoms with E-state index in [9.17, 15) is 4.79 Å². The third kappa shape index (κ3) is 3.27. The molecule has 0 radical (unpaired) electrons. The number of carbonyl (C=O) groups is 1. The van der Waals surface area contributed by atoms with E-state index in [1.807, 2.05) is 12.1 Å². The van der Waals surface area contributed by atoms with Crippen molar-refractivity contribution >= 4 is 28.4 Å². The third-order valence-corrected chi connectivity index (χ3v) is 4.43. The Morgan fingerprint density at radius 3 is 2.57 bits per heavy atom. The number of ether oxygens (including phenoxy) is 2. The highest BCUT2D eigenvalue weighted by Crippen LogP contribution is 2.34. The van der Waals surface area contributed by atoms with Gasteiger partial charge in [0.25, 0.3) is 0 Å². The number of hydrogen-bond acceptors (Lipinski definition) is 6. The van der Waals surface area contributed by atoms with Crippen molar-refractivity contribution in [2.75, 3.05) is 7.11 Å². The van der Waals surface area contributed by atoms with Gasteiger partial charge >= 0.3 is 0 Å². The minimum atomic E-state index is -0.0569. The van der Waals surface area contributed by atoms with Gasteiger partial charge < -0.3 is 9.47 Å². The number of rotatable bonds is 5. The van der Waals surface area contributed by atoms with Gasteiger partial charge in [0.1, 0.15) is 11.7 Å². The molecule has 8 heteroatoms. The fraction of sp³-hybridized carbons (Fsp3) is 0.100.